The zero-order valence-corrected chi connectivity index (χ0v) is 22.3. The summed E-state index contributed by atoms with van der Waals surface area (Å²) in [5, 5.41) is 0.381. The van der Waals surface area contributed by atoms with Crippen LogP contribution in [0.15, 0.2) is 29.2 Å². The third-order valence-corrected chi connectivity index (χ3v) is 7.00. The van der Waals surface area contributed by atoms with E-state index in [-0.39, 0.29) is 6.61 Å². The lowest BCUT2D eigenvalue weighted by Crippen LogP contribution is -2.61. The van der Waals surface area contributed by atoms with Gasteiger partial charge in [-0.2, -0.15) is 0 Å². The van der Waals surface area contributed by atoms with Crippen LogP contribution in [0.25, 0.3) is 0 Å². The summed E-state index contributed by atoms with van der Waals surface area (Å²) in [5.74, 6) is -1.97. The Kier molecular flexibility index (Phi) is 11.4. The number of carbonyl (C=O) groups is 4. The number of thioether (sulfide) groups is 2. The molecule has 0 bridgehead atoms. The maximum absolute atomic E-state index is 12.0. The van der Waals surface area contributed by atoms with E-state index in [1.54, 1.807) is 11.8 Å². The molecule has 1 aromatic rings. The van der Waals surface area contributed by atoms with Crippen molar-refractivity contribution in [2.24, 2.45) is 0 Å². The zero-order valence-electron chi connectivity index (χ0n) is 20.7. The van der Waals surface area contributed by atoms with Crippen molar-refractivity contribution in [3.8, 4) is 0 Å². The van der Waals surface area contributed by atoms with Gasteiger partial charge in [-0.3, -0.25) is 19.2 Å². The van der Waals surface area contributed by atoms with Gasteiger partial charge >= 0.3 is 23.9 Å². The number of hydrogen-bond acceptors (Lipinski definition) is 11. The smallest absolute Gasteiger partial charge is 0.303 e. The van der Waals surface area contributed by atoms with Gasteiger partial charge in [-0.1, -0.05) is 32.0 Å². The van der Waals surface area contributed by atoms with Crippen LogP contribution in [-0.4, -0.2) is 65.6 Å². The largest absolute Gasteiger partial charge is 0.463 e. The topological polar surface area (TPSA) is 114 Å². The highest BCUT2D eigenvalue weighted by molar-refractivity contribution is 8.00. The predicted molar refractivity (Wildman–Crippen MR) is 131 cm³/mol. The summed E-state index contributed by atoms with van der Waals surface area (Å²) in [4.78, 5) is 48.3. The number of benzene rings is 1. The van der Waals surface area contributed by atoms with Gasteiger partial charge in [0.05, 0.1) is 0 Å². The highest BCUT2D eigenvalue weighted by Gasteiger charge is 2.52. The van der Waals surface area contributed by atoms with Crippen LogP contribution in [0, 0.1) is 0 Å². The van der Waals surface area contributed by atoms with E-state index < -0.39 is 53.7 Å². The molecule has 0 aliphatic carbocycles. The Bertz CT molecular complexity index is 905. The summed E-state index contributed by atoms with van der Waals surface area (Å²) < 4.78 is 27.7. The average molecular weight is 529 g/mol. The van der Waals surface area contributed by atoms with E-state index in [0.717, 1.165) is 10.5 Å². The molecule has 1 aliphatic heterocycles. The van der Waals surface area contributed by atoms with Crippen molar-refractivity contribution in [3.63, 3.8) is 0 Å². The van der Waals surface area contributed by atoms with Crippen LogP contribution in [0.5, 0.6) is 0 Å². The molecular formula is C24H32O9S2. The molecule has 35 heavy (non-hydrogen) atoms. The highest BCUT2D eigenvalue weighted by atomic mass is 32.2. The van der Waals surface area contributed by atoms with E-state index in [1.807, 2.05) is 24.3 Å². The van der Waals surface area contributed by atoms with Gasteiger partial charge in [0.25, 0.3) is 0 Å². The van der Waals surface area contributed by atoms with Gasteiger partial charge < -0.3 is 23.7 Å². The summed E-state index contributed by atoms with van der Waals surface area (Å²) >= 11 is 3.07. The predicted octanol–water partition coefficient (Wildman–Crippen LogP) is 3.50. The molecule has 1 fully saturated rings. The van der Waals surface area contributed by atoms with Crippen molar-refractivity contribution in [2.45, 2.75) is 87.3 Å². The maximum atomic E-state index is 12.0. The number of hydrogen-bond donors (Lipinski definition) is 0. The standard InChI is InChI=1S/C24H32O9S2/c1-13(2)35-20-10-8-7-9-18(20)12-34-24-23(32-17(6)28)22(31-16(5)27)21(30-15(4)26)19(33-24)11-29-14(3)25/h7-10,13,19,21-24H,11-12H2,1-6H3/t19-,21-,22+,23-,24+/m1/s1. The second kappa shape index (κ2) is 13.7. The van der Waals surface area contributed by atoms with Crippen molar-refractivity contribution in [3.05, 3.63) is 29.8 Å². The third-order valence-electron chi connectivity index (χ3n) is 4.69. The first-order valence-corrected chi connectivity index (χ1v) is 13.1. The van der Waals surface area contributed by atoms with E-state index >= 15 is 0 Å². The van der Waals surface area contributed by atoms with E-state index in [4.69, 9.17) is 23.7 Å². The van der Waals surface area contributed by atoms with Crippen molar-refractivity contribution in [1.29, 1.82) is 0 Å². The van der Waals surface area contributed by atoms with Crippen molar-refractivity contribution in [2.75, 3.05) is 6.61 Å². The summed E-state index contributed by atoms with van der Waals surface area (Å²) in [5.41, 5.74) is 0.261. The second-order valence-electron chi connectivity index (χ2n) is 8.15. The zero-order chi connectivity index (χ0) is 26.1. The molecule has 0 saturated carbocycles. The Morgan fingerprint density at radius 1 is 0.857 bits per heavy atom. The molecule has 194 valence electrons. The molecule has 0 unspecified atom stereocenters. The summed E-state index contributed by atoms with van der Waals surface area (Å²) in [7, 11) is 0. The molecule has 1 saturated heterocycles. The monoisotopic (exact) mass is 528 g/mol. The summed E-state index contributed by atoms with van der Waals surface area (Å²) in [6.45, 7) is 8.83. The van der Waals surface area contributed by atoms with Crippen LogP contribution < -0.4 is 0 Å². The Morgan fingerprint density at radius 2 is 1.43 bits per heavy atom. The molecule has 1 aromatic carbocycles. The minimum Gasteiger partial charge on any atom is -0.463 e. The van der Waals surface area contributed by atoms with Crippen molar-refractivity contribution < 1.29 is 42.9 Å². The number of esters is 4. The molecule has 0 aromatic heterocycles. The van der Waals surface area contributed by atoms with Crippen molar-refractivity contribution in [1.82, 2.24) is 0 Å². The van der Waals surface area contributed by atoms with Crippen LogP contribution >= 0.6 is 23.5 Å². The molecule has 0 spiro atoms. The van der Waals surface area contributed by atoms with Gasteiger partial charge in [-0.05, 0) is 11.6 Å². The first kappa shape index (κ1) is 29.0. The maximum Gasteiger partial charge on any atom is 0.303 e. The summed E-state index contributed by atoms with van der Waals surface area (Å²) in [6.07, 6.45) is -4.32. The Labute approximate surface area is 213 Å². The number of rotatable bonds is 10. The molecule has 1 aliphatic rings. The molecule has 2 rings (SSSR count). The molecule has 0 N–H and O–H groups in total. The minimum atomic E-state index is -1.16. The van der Waals surface area contributed by atoms with Gasteiger partial charge in [-0.15, -0.1) is 23.5 Å². The fraction of sp³-hybridized carbons (Fsp3) is 0.583. The minimum absolute atomic E-state index is 0.241. The molecule has 0 amide bonds. The van der Waals surface area contributed by atoms with Crippen LogP contribution in [0.3, 0.4) is 0 Å². The first-order chi connectivity index (χ1) is 16.5. The molecule has 9 nitrogen and oxygen atoms in total. The SMILES string of the molecule is CC(=O)OC[C@H]1O[C@@H](SCc2ccccc2SC(C)C)[C@H](OC(C)=O)[C@@H](OC(C)=O)[C@@H]1OC(C)=O. The Balaban J connectivity index is 2.38. The first-order valence-electron chi connectivity index (χ1n) is 11.1. The average Bonchev–Trinajstić information content (AvgIpc) is 2.74. The third kappa shape index (κ3) is 9.38. The van der Waals surface area contributed by atoms with Gasteiger partial charge in [0.2, 0.25) is 0 Å². The van der Waals surface area contributed by atoms with Crippen LogP contribution in [0.2, 0.25) is 0 Å². The van der Waals surface area contributed by atoms with E-state index in [2.05, 4.69) is 13.8 Å². The summed E-state index contributed by atoms with van der Waals surface area (Å²) in [6, 6.07) is 7.94. The molecular weight excluding hydrogens is 496 g/mol. The van der Waals surface area contributed by atoms with Crippen LogP contribution in [-0.2, 0) is 48.6 Å². The lowest BCUT2D eigenvalue weighted by atomic mass is 9.99. The van der Waals surface area contributed by atoms with Gasteiger partial charge in [0.15, 0.2) is 18.3 Å². The Hall–Kier alpha value is -2.24. The fourth-order valence-electron chi connectivity index (χ4n) is 3.49. The Morgan fingerprint density at radius 3 is 2.00 bits per heavy atom. The number of ether oxygens (including phenoxy) is 5. The van der Waals surface area contributed by atoms with Crippen molar-refractivity contribution >= 4 is 47.4 Å². The molecule has 0 radical (unpaired) electrons. The normalized spacial score (nSPS) is 23.9. The molecule has 1 heterocycles. The van der Waals surface area contributed by atoms with Gasteiger partial charge in [0.1, 0.15) is 18.1 Å². The lowest BCUT2D eigenvalue weighted by molar-refractivity contribution is -0.237. The quantitative estimate of drug-likeness (QED) is 0.252. The molecule has 11 heteroatoms. The van der Waals surface area contributed by atoms with Gasteiger partial charge in [-0.25, -0.2) is 0 Å². The van der Waals surface area contributed by atoms with E-state index in [9.17, 15) is 19.2 Å². The van der Waals surface area contributed by atoms with Gasteiger partial charge in [0, 0.05) is 43.6 Å². The van der Waals surface area contributed by atoms with Crippen LogP contribution in [0.1, 0.15) is 47.1 Å². The fourth-order valence-corrected chi connectivity index (χ4v) is 5.75. The van der Waals surface area contributed by atoms with E-state index in [0.29, 0.717) is 11.0 Å². The second-order valence-corrected chi connectivity index (χ2v) is 10.9. The lowest BCUT2D eigenvalue weighted by Gasteiger charge is -2.44. The molecule has 5 atom stereocenters. The highest BCUT2D eigenvalue weighted by Crippen LogP contribution is 2.37. The number of carbonyl (C=O) groups excluding carboxylic acids is 4. The van der Waals surface area contributed by atoms with E-state index in [1.165, 1.54) is 39.5 Å². The van der Waals surface area contributed by atoms with Crippen LogP contribution in [0.4, 0.5) is 0 Å².